The molecule has 0 spiro atoms. The topological polar surface area (TPSA) is 79.3 Å². The predicted octanol–water partition coefficient (Wildman–Crippen LogP) is 1.33. The van der Waals surface area contributed by atoms with E-state index < -0.39 is 17.9 Å². The van der Waals surface area contributed by atoms with Gasteiger partial charge in [0.25, 0.3) is 5.91 Å². The number of hydrogen-bond donors (Lipinski definition) is 2. The Balaban J connectivity index is 2.80. The van der Waals surface area contributed by atoms with Gasteiger partial charge in [-0.15, -0.1) is 0 Å². The Labute approximate surface area is 97.4 Å². The van der Waals surface area contributed by atoms with Gasteiger partial charge in [0, 0.05) is 6.20 Å². The van der Waals surface area contributed by atoms with Gasteiger partial charge in [-0.05, 0) is 18.6 Å². The van der Waals surface area contributed by atoms with Gasteiger partial charge in [0.15, 0.2) is 0 Å². The van der Waals surface area contributed by atoms with E-state index in [0.717, 1.165) is 0 Å². The molecule has 1 aromatic heterocycles. The summed E-state index contributed by atoms with van der Waals surface area (Å²) in [6.45, 7) is 1.67. The summed E-state index contributed by atoms with van der Waals surface area (Å²) >= 11 is 5.71. The summed E-state index contributed by atoms with van der Waals surface area (Å²) in [4.78, 5) is 26.1. The summed E-state index contributed by atoms with van der Waals surface area (Å²) in [7, 11) is 0. The molecule has 1 atom stereocenters. The van der Waals surface area contributed by atoms with Gasteiger partial charge in [0.2, 0.25) is 0 Å². The number of hydrogen-bond acceptors (Lipinski definition) is 3. The standard InChI is InChI=1S/C10H11ClN2O3/c1-2-7(10(15)16)13-9(14)6-4-3-5-12-8(6)11/h3-5,7H,2H2,1H3,(H,13,14)(H,15,16)/t7-/m0/s1. The summed E-state index contributed by atoms with van der Waals surface area (Å²) in [5.41, 5.74) is 0.170. The molecule has 0 aliphatic rings. The average Bonchev–Trinajstić information content (AvgIpc) is 2.25. The van der Waals surface area contributed by atoms with Crippen molar-refractivity contribution in [3.63, 3.8) is 0 Å². The number of carbonyl (C=O) groups excluding carboxylic acids is 1. The molecule has 1 amide bonds. The Morgan fingerprint density at radius 3 is 2.81 bits per heavy atom. The van der Waals surface area contributed by atoms with Crippen molar-refractivity contribution in [1.29, 1.82) is 0 Å². The zero-order valence-electron chi connectivity index (χ0n) is 8.61. The van der Waals surface area contributed by atoms with Crippen molar-refractivity contribution < 1.29 is 14.7 Å². The fourth-order valence-corrected chi connectivity index (χ4v) is 1.33. The van der Waals surface area contributed by atoms with Crippen LogP contribution in [0.25, 0.3) is 0 Å². The van der Waals surface area contributed by atoms with Gasteiger partial charge in [-0.25, -0.2) is 9.78 Å². The summed E-state index contributed by atoms with van der Waals surface area (Å²) < 4.78 is 0. The Morgan fingerprint density at radius 1 is 1.62 bits per heavy atom. The summed E-state index contributed by atoms with van der Waals surface area (Å²) in [5, 5.41) is 11.2. The Bertz CT molecular complexity index is 409. The van der Waals surface area contributed by atoms with Crippen LogP contribution < -0.4 is 5.32 Å². The molecule has 0 saturated carbocycles. The Kier molecular flexibility index (Phi) is 4.25. The molecule has 16 heavy (non-hydrogen) atoms. The first kappa shape index (κ1) is 12.4. The van der Waals surface area contributed by atoms with Crippen molar-refractivity contribution in [2.45, 2.75) is 19.4 Å². The van der Waals surface area contributed by atoms with Crippen LogP contribution >= 0.6 is 11.6 Å². The second kappa shape index (κ2) is 5.46. The van der Waals surface area contributed by atoms with Gasteiger partial charge in [-0.2, -0.15) is 0 Å². The molecule has 0 radical (unpaired) electrons. The van der Waals surface area contributed by atoms with E-state index in [1.807, 2.05) is 0 Å². The smallest absolute Gasteiger partial charge is 0.326 e. The van der Waals surface area contributed by atoms with Gasteiger partial charge >= 0.3 is 5.97 Å². The molecule has 5 nitrogen and oxygen atoms in total. The van der Waals surface area contributed by atoms with Gasteiger partial charge in [-0.1, -0.05) is 18.5 Å². The molecule has 1 heterocycles. The first-order chi connectivity index (χ1) is 7.56. The van der Waals surface area contributed by atoms with E-state index in [0.29, 0.717) is 6.42 Å². The monoisotopic (exact) mass is 242 g/mol. The van der Waals surface area contributed by atoms with Crippen LogP contribution in [0.1, 0.15) is 23.7 Å². The lowest BCUT2D eigenvalue weighted by Gasteiger charge is -2.12. The van der Waals surface area contributed by atoms with E-state index in [1.165, 1.54) is 12.3 Å². The number of carboxylic acid groups (broad SMARTS) is 1. The summed E-state index contributed by atoms with van der Waals surface area (Å²) in [6.07, 6.45) is 1.76. The minimum absolute atomic E-state index is 0.0558. The van der Waals surface area contributed by atoms with Gasteiger partial charge in [0.05, 0.1) is 5.56 Å². The van der Waals surface area contributed by atoms with E-state index in [-0.39, 0.29) is 10.7 Å². The zero-order chi connectivity index (χ0) is 12.1. The molecular formula is C10H11ClN2O3. The highest BCUT2D eigenvalue weighted by molar-refractivity contribution is 6.32. The number of pyridine rings is 1. The van der Waals surface area contributed by atoms with Crippen LogP contribution in [0.3, 0.4) is 0 Å². The molecule has 0 unspecified atom stereocenters. The highest BCUT2D eigenvalue weighted by Crippen LogP contribution is 2.11. The van der Waals surface area contributed by atoms with Crippen molar-refractivity contribution in [3.8, 4) is 0 Å². The number of carbonyl (C=O) groups is 2. The lowest BCUT2D eigenvalue weighted by molar-refractivity contribution is -0.139. The van der Waals surface area contributed by atoms with E-state index in [4.69, 9.17) is 16.7 Å². The molecule has 0 aliphatic heterocycles. The normalized spacial score (nSPS) is 11.9. The number of aliphatic carboxylic acids is 1. The molecule has 86 valence electrons. The number of aromatic nitrogens is 1. The van der Waals surface area contributed by atoms with E-state index in [9.17, 15) is 9.59 Å². The highest BCUT2D eigenvalue weighted by Gasteiger charge is 2.19. The highest BCUT2D eigenvalue weighted by atomic mass is 35.5. The number of halogens is 1. The molecule has 0 saturated heterocycles. The molecule has 2 N–H and O–H groups in total. The SMILES string of the molecule is CC[C@H](NC(=O)c1cccnc1Cl)C(=O)O. The molecule has 0 bridgehead atoms. The largest absolute Gasteiger partial charge is 0.480 e. The molecular weight excluding hydrogens is 232 g/mol. The van der Waals surface area contributed by atoms with Gasteiger partial charge < -0.3 is 10.4 Å². The summed E-state index contributed by atoms with van der Waals surface area (Å²) in [6, 6.07) is 2.13. The van der Waals surface area contributed by atoms with Crippen LogP contribution in [-0.4, -0.2) is 28.0 Å². The zero-order valence-corrected chi connectivity index (χ0v) is 9.36. The van der Waals surface area contributed by atoms with Crippen LogP contribution in [0.4, 0.5) is 0 Å². The van der Waals surface area contributed by atoms with Crippen LogP contribution in [0, 0.1) is 0 Å². The Hall–Kier alpha value is -1.62. The van der Waals surface area contributed by atoms with Crippen molar-refractivity contribution >= 4 is 23.5 Å². The molecule has 1 aromatic rings. The van der Waals surface area contributed by atoms with Crippen LogP contribution in [0.5, 0.6) is 0 Å². The van der Waals surface area contributed by atoms with Gasteiger partial charge in [-0.3, -0.25) is 4.79 Å². The molecule has 0 aliphatic carbocycles. The minimum Gasteiger partial charge on any atom is -0.480 e. The maximum Gasteiger partial charge on any atom is 0.326 e. The van der Waals surface area contributed by atoms with Crippen LogP contribution in [0.2, 0.25) is 5.15 Å². The molecule has 0 fully saturated rings. The lowest BCUT2D eigenvalue weighted by atomic mass is 10.2. The first-order valence-corrected chi connectivity index (χ1v) is 5.08. The number of nitrogens with one attached hydrogen (secondary N) is 1. The van der Waals surface area contributed by atoms with Crippen LogP contribution in [-0.2, 0) is 4.79 Å². The fourth-order valence-electron chi connectivity index (χ4n) is 1.13. The van der Waals surface area contributed by atoms with Crippen molar-refractivity contribution in [3.05, 3.63) is 29.0 Å². The summed E-state index contributed by atoms with van der Waals surface area (Å²) in [5.74, 6) is -1.61. The fraction of sp³-hybridized carbons (Fsp3) is 0.300. The third-order valence-corrected chi connectivity index (χ3v) is 2.32. The van der Waals surface area contributed by atoms with Crippen LogP contribution in [0.15, 0.2) is 18.3 Å². The van der Waals surface area contributed by atoms with E-state index in [1.54, 1.807) is 13.0 Å². The number of nitrogens with zero attached hydrogens (tertiary/aromatic N) is 1. The van der Waals surface area contributed by atoms with E-state index in [2.05, 4.69) is 10.3 Å². The first-order valence-electron chi connectivity index (χ1n) is 4.70. The van der Waals surface area contributed by atoms with Crippen molar-refractivity contribution in [1.82, 2.24) is 10.3 Å². The average molecular weight is 243 g/mol. The number of rotatable bonds is 4. The number of carboxylic acids is 1. The predicted molar refractivity (Wildman–Crippen MR) is 58.4 cm³/mol. The van der Waals surface area contributed by atoms with Crippen molar-refractivity contribution in [2.75, 3.05) is 0 Å². The molecule has 0 aromatic carbocycles. The Morgan fingerprint density at radius 2 is 2.31 bits per heavy atom. The minimum atomic E-state index is -1.07. The number of amides is 1. The molecule has 1 rings (SSSR count). The third kappa shape index (κ3) is 2.93. The second-order valence-electron chi connectivity index (χ2n) is 3.11. The van der Waals surface area contributed by atoms with Gasteiger partial charge in [0.1, 0.15) is 11.2 Å². The van der Waals surface area contributed by atoms with Crippen molar-refractivity contribution in [2.24, 2.45) is 0 Å². The molecule has 6 heteroatoms. The lowest BCUT2D eigenvalue weighted by Crippen LogP contribution is -2.40. The maximum atomic E-state index is 11.6. The quantitative estimate of drug-likeness (QED) is 0.781. The third-order valence-electron chi connectivity index (χ3n) is 2.02. The maximum absolute atomic E-state index is 11.6. The van der Waals surface area contributed by atoms with E-state index >= 15 is 0 Å². The second-order valence-corrected chi connectivity index (χ2v) is 3.47.